The van der Waals surface area contributed by atoms with Crippen molar-refractivity contribution < 1.29 is 4.79 Å². The summed E-state index contributed by atoms with van der Waals surface area (Å²) in [6, 6.07) is 8.59. The van der Waals surface area contributed by atoms with Crippen LogP contribution < -0.4 is 5.32 Å². The number of benzene rings is 1. The van der Waals surface area contributed by atoms with Crippen LogP contribution in [0.15, 0.2) is 24.3 Å². The third kappa shape index (κ3) is 3.07. The summed E-state index contributed by atoms with van der Waals surface area (Å²) in [5.74, 6) is 0.0653. The highest BCUT2D eigenvalue weighted by Crippen LogP contribution is 2.13. The number of amides is 1. The molecular weight excluding hydrogens is 212 g/mol. The molecule has 3 nitrogen and oxygen atoms in total. The fourth-order valence-electron chi connectivity index (χ4n) is 2.26. The summed E-state index contributed by atoms with van der Waals surface area (Å²) in [7, 11) is 3.55. The first-order chi connectivity index (χ1) is 8.16. The molecule has 0 aromatic heterocycles. The van der Waals surface area contributed by atoms with Gasteiger partial charge in [0.1, 0.15) is 0 Å². The number of nitrogens with zero attached hydrogens (tertiary/aromatic N) is 1. The smallest absolute Gasteiger partial charge is 0.253 e. The highest BCUT2D eigenvalue weighted by Gasteiger charge is 2.14. The van der Waals surface area contributed by atoms with Crippen molar-refractivity contribution in [3.8, 4) is 0 Å². The van der Waals surface area contributed by atoms with Gasteiger partial charge in [-0.1, -0.05) is 12.1 Å². The Balaban J connectivity index is 1.99. The van der Waals surface area contributed by atoms with Gasteiger partial charge in [-0.25, -0.2) is 0 Å². The van der Waals surface area contributed by atoms with Gasteiger partial charge in [-0.3, -0.25) is 4.79 Å². The first-order valence-electron chi connectivity index (χ1n) is 6.21. The van der Waals surface area contributed by atoms with Gasteiger partial charge >= 0.3 is 0 Å². The Morgan fingerprint density at radius 2 is 2.06 bits per heavy atom. The second-order valence-corrected chi connectivity index (χ2v) is 4.89. The van der Waals surface area contributed by atoms with Crippen LogP contribution in [-0.4, -0.2) is 37.5 Å². The van der Waals surface area contributed by atoms with Crippen LogP contribution >= 0.6 is 0 Å². The van der Waals surface area contributed by atoms with E-state index in [0.29, 0.717) is 6.04 Å². The molecule has 0 aliphatic carbocycles. The minimum atomic E-state index is 0.0653. The number of nitrogens with one attached hydrogen (secondary N) is 1. The van der Waals surface area contributed by atoms with Gasteiger partial charge in [0, 0.05) is 25.7 Å². The van der Waals surface area contributed by atoms with Crippen LogP contribution in [0.5, 0.6) is 0 Å². The van der Waals surface area contributed by atoms with Gasteiger partial charge in [0.05, 0.1) is 0 Å². The third-order valence-electron chi connectivity index (χ3n) is 3.25. The van der Waals surface area contributed by atoms with E-state index in [9.17, 15) is 4.79 Å². The molecule has 1 amide bonds. The molecule has 0 saturated carbocycles. The molecule has 1 N–H and O–H groups in total. The molecule has 1 aliphatic heterocycles. The van der Waals surface area contributed by atoms with Crippen molar-refractivity contribution in [1.82, 2.24) is 10.2 Å². The molecule has 1 aromatic carbocycles. The Morgan fingerprint density at radius 3 is 2.59 bits per heavy atom. The van der Waals surface area contributed by atoms with Crippen molar-refractivity contribution in [2.45, 2.75) is 25.3 Å². The predicted molar refractivity (Wildman–Crippen MR) is 69.2 cm³/mol. The lowest BCUT2D eigenvalue weighted by Gasteiger charge is -2.12. The molecule has 1 fully saturated rings. The predicted octanol–water partition coefficient (Wildman–Crippen LogP) is 1.68. The van der Waals surface area contributed by atoms with Gasteiger partial charge in [-0.05, 0) is 43.5 Å². The zero-order valence-corrected chi connectivity index (χ0v) is 10.6. The van der Waals surface area contributed by atoms with Crippen molar-refractivity contribution in [1.29, 1.82) is 0 Å². The maximum atomic E-state index is 11.7. The van der Waals surface area contributed by atoms with Gasteiger partial charge in [-0.15, -0.1) is 0 Å². The molecule has 1 atom stereocenters. The molecule has 2 rings (SSSR count). The molecule has 0 spiro atoms. The van der Waals surface area contributed by atoms with Gasteiger partial charge in [-0.2, -0.15) is 0 Å². The standard InChI is InChI=1S/C14H20N2O/c1-16(2)14(17)12-7-5-11(6-8-12)10-13-4-3-9-15-13/h5-8,13,15H,3-4,9-10H2,1-2H3. The molecule has 1 unspecified atom stereocenters. The van der Waals surface area contributed by atoms with Crippen molar-refractivity contribution >= 4 is 5.91 Å². The summed E-state index contributed by atoms with van der Waals surface area (Å²) in [5, 5.41) is 3.49. The SMILES string of the molecule is CN(C)C(=O)c1ccc(CC2CCCN2)cc1. The summed E-state index contributed by atoms with van der Waals surface area (Å²) < 4.78 is 0. The van der Waals surface area contributed by atoms with Gasteiger partial charge in [0.2, 0.25) is 0 Å². The summed E-state index contributed by atoms with van der Waals surface area (Å²) in [5.41, 5.74) is 2.07. The van der Waals surface area contributed by atoms with Crippen molar-refractivity contribution in [3.63, 3.8) is 0 Å². The van der Waals surface area contributed by atoms with E-state index < -0.39 is 0 Å². The zero-order chi connectivity index (χ0) is 12.3. The van der Waals surface area contributed by atoms with E-state index in [1.165, 1.54) is 18.4 Å². The topological polar surface area (TPSA) is 32.3 Å². The number of hydrogen-bond acceptors (Lipinski definition) is 2. The molecule has 1 saturated heterocycles. The summed E-state index contributed by atoms with van der Waals surface area (Å²) in [6.07, 6.45) is 3.61. The van der Waals surface area contributed by atoms with E-state index in [-0.39, 0.29) is 5.91 Å². The van der Waals surface area contributed by atoms with E-state index in [0.717, 1.165) is 18.5 Å². The Labute approximate surface area is 103 Å². The van der Waals surface area contributed by atoms with Crippen LogP contribution in [0.4, 0.5) is 0 Å². The van der Waals surface area contributed by atoms with Crippen molar-refractivity contribution in [2.75, 3.05) is 20.6 Å². The molecule has 0 bridgehead atoms. The van der Waals surface area contributed by atoms with Crippen molar-refractivity contribution in [2.24, 2.45) is 0 Å². The van der Waals surface area contributed by atoms with E-state index in [2.05, 4.69) is 17.4 Å². The Bertz CT molecular complexity index is 378. The molecular formula is C14H20N2O. The lowest BCUT2D eigenvalue weighted by Crippen LogP contribution is -2.24. The lowest BCUT2D eigenvalue weighted by atomic mass is 10.0. The number of hydrogen-bond donors (Lipinski definition) is 1. The van der Waals surface area contributed by atoms with E-state index in [1.807, 2.05) is 12.1 Å². The average Bonchev–Trinajstić information content (AvgIpc) is 2.82. The highest BCUT2D eigenvalue weighted by atomic mass is 16.2. The zero-order valence-electron chi connectivity index (χ0n) is 10.6. The van der Waals surface area contributed by atoms with Crippen LogP contribution in [0.2, 0.25) is 0 Å². The molecule has 1 heterocycles. The average molecular weight is 232 g/mol. The largest absolute Gasteiger partial charge is 0.345 e. The molecule has 3 heteroatoms. The molecule has 1 aliphatic rings. The maximum Gasteiger partial charge on any atom is 0.253 e. The second kappa shape index (κ2) is 5.32. The Morgan fingerprint density at radius 1 is 1.35 bits per heavy atom. The van der Waals surface area contributed by atoms with E-state index in [1.54, 1.807) is 19.0 Å². The summed E-state index contributed by atoms with van der Waals surface area (Å²) in [6.45, 7) is 1.14. The Hall–Kier alpha value is -1.35. The number of carbonyl (C=O) groups excluding carboxylic acids is 1. The van der Waals surface area contributed by atoms with Gasteiger partial charge < -0.3 is 10.2 Å². The van der Waals surface area contributed by atoms with Crippen LogP contribution in [0.3, 0.4) is 0 Å². The summed E-state index contributed by atoms with van der Waals surface area (Å²) in [4.78, 5) is 13.3. The minimum Gasteiger partial charge on any atom is -0.345 e. The summed E-state index contributed by atoms with van der Waals surface area (Å²) >= 11 is 0. The van der Waals surface area contributed by atoms with E-state index in [4.69, 9.17) is 0 Å². The van der Waals surface area contributed by atoms with Crippen LogP contribution in [0.25, 0.3) is 0 Å². The highest BCUT2D eigenvalue weighted by molar-refractivity contribution is 5.93. The molecule has 1 aromatic rings. The van der Waals surface area contributed by atoms with Crippen molar-refractivity contribution in [3.05, 3.63) is 35.4 Å². The molecule has 17 heavy (non-hydrogen) atoms. The van der Waals surface area contributed by atoms with Crippen LogP contribution in [0, 0.1) is 0 Å². The number of carbonyl (C=O) groups is 1. The van der Waals surface area contributed by atoms with Gasteiger partial charge in [0.15, 0.2) is 0 Å². The minimum absolute atomic E-state index is 0.0653. The maximum absolute atomic E-state index is 11.7. The fourth-order valence-corrected chi connectivity index (χ4v) is 2.26. The molecule has 0 radical (unpaired) electrons. The molecule has 92 valence electrons. The van der Waals surface area contributed by atoms with Crippen LogP contribution in [0.1, 0.15) is 28.8 Å². The first-order valence-corrected chi connectivity index (χ1v) is 6.21. The normalized spacial score (nSPS) is 19.3. The third-order valence-corrected chi connectivity index (χ3v) is 3.25. The second-order valence-electron chi connectivity index (χ2n) is 4.89. The van der Waals surface area contributed by atoms with Crippen LogP contribution in [-0.2, 0) is 6.42 Å². The van der Waals surface area contributed by atoms with E-state index >= 15 is 0 Å². The Kier molecular flexibility index (Phi) is 3.79. The monoisotopic (exact) mass is 232 g/mol. The number of rotatable bonds is 3. The lowest BCUT2D eigenvalue weighted by molar-refractivity contribution is 0.0827. The fraction of sp³-hybridized carbons (Fsp3) is 0.500. The first kappa shape index (κ1) is 12.1. The quantitative estimate of drug-likeness (QED) is 0.860. The van der Waals surface area contributed by atoms with Gasteiger partial charge in [0.25, 0.3) is 5.91 Å².